The maximum absolute atomic E-state index is 12.1. The molecule has 2 aromatic carbocycles. The smallest absolute Gasteiger partial charge is 0.246 e. The molecule has 0 bridgehead atoms. The minimum Gasteiger partial charge on any atom is -0.328 e. The van der Waals surface area contributed by atoms with Crippen molar-refractivity contribution in [2.24, 2.45) is 0 Å². The van der Waals surface area contributed by atoms with Crippen molar-refractivity contribution in [2.75, 3.05) is 6.54 Å². The van der Waals surface area contributed by atoms with Crippen LogP contribution in [0.4, 0.5) is 0 Å². The molecule has 1 heterocycles. The molecule has 3 unspecified atom stereocenters. The molecule has 1 amide bonds. The van der Waals surface area contributed by atoms with Crippen molar-refractivity contribution in [2.45, 2.75) is 38.1 Å². The van der Waals surface area contributed by atoms with Crippen LogP contribution in [0.25, 0.3) is 0 Å². The van der Waals surface area contributed by atoms with Crippen LogP contribution in [0.2, 0.25) is 0 Å². The van der Waals surface area contributed by atoms with Crippen LogP contribution in [0.3, 0.4) is 0 Å². The first-order chi connectivity index (χ1) is 10.7. The van der Waals surface area contributed by atoms with E-state index in [0.717, 1.165) is 13.0 Å². The summed E-state index contributed by atoms with van der Waals surface area (Å²) in [6.45, 7) is 5.23. The van der Waals surface area contributed by atoms with E-state index >= 15 is 0 Å². The molecule has 0 aromatic heterocycles. The number of carbonyl (C=O) groups excluding carboxylic acids is 1. The number of carbonyl (C=O) groups is 1. The summed E-state index contributed by atoms with van der Waals surface area (Å²) in [7, 11) is 0. The van der Waals surface area contributed by atoms with E-state index < -0.39 is 0 Å². The summed E-state index contributed by atoms with van der Waals surface area (Å²) in [6, 6.07) is 21.0. The zero-order chi connectivity index (χ0) is 15.5. The van der Waals surface area contributed by atoms with Crippen molar-refractivity contribution in [1.82, 2.24) is 4.90 Å². The van der Waals surface area contributed by atoms with E-state index in [2.05, 4.69) is 62.4 Å². The molecule has 0 spiro atoms. The van der Waals surface area contributed by atoms with Gasteiger partial charge in [-0.25, -0.2) is 0 Å². The molecule has 0 radical (unpaired) electrons. The highest BCUT2D eigenvalue weighted by Gasteiger charge is 2.46. The Hall–Kier alpha value is -2.09. The van der Waals surface area contributed by atoms with Gasteiger partial charge in [-0.15, -0.1) is 0 Å². The van der Waals surface area contributed by atoms with Gasteiger partial charge in [0, 0.05) is 6.54 Å². The Balaban J connectivity index is 1.56. The van der Waals surface area contributed by atoms with Gasteiger partial charge >= 0.3 is 0 Å². The second kappa shape index (κ2) is 6.35. The summed E-state index contributed by atoms with van der Waals surface area (Å²) in [4.78, 5) is 14.1. The third-order valence-corrected chi connectivity index (χ3v) is 4.66. The van der Waals surface area contributed by atoms with Gasteiger partial charge in [0.25, 0.3) is 0 Å². The normalized spacial score (nSPS) is 19.8. The Kier molecular flexibility index (Phi) is 4.28. The van der Waals surface area contributed by atoms with E-state index in [1.54, 1.807) is 0 Å². The van der Waals surface area contributed by atoms with Gasteiger partial charge in [0.2, 0.25) is 5.91 Å². The summed E-state index contributed by atoms with van der Waals surface area (Å²) in [6.07, 6.45) is 0.921. The predicted octanol–water partition coefficient (Wildman–Crippen LogP) is 4.19. The number of hydrogen-bond acceptors (Lipinski definition) is 1. The van der Waals surface area contributed by atoms with Crippen molar-refractivity contribution in [3.8, 4) is 0 Å². The largest absolute Gasteiger partial charge is 0.328 e. The number of benzene rings is 2. The van der Waals surface area contributed by atoms with E-state index in [4.69, 9.17) is 0 Å². The van der Waals surface area contributed by atoms with E-state index in [-0.39, 0.29) is 6.04 Å². The standard InChI is InChI=1S/C20H23NO/c1-15(17-9-5-3-6-10-17)13-19-20(22)21(19)14-16(2)18-11-7-4-8-12-18/h3-12,15-16,19H,13-14H2,1-2H3. The third-order valence-electron chi connectivity index (χ3n) is 4.66. The van der Waals surface area contributed by atoms with Gasteiger partial charge in [-0.05, 0) is 29.4 Å². The summed E-state index contributed by atoms with van der Waals surface area (Å²) in [5, 5.41) is 0. The molecule has 0 N–H and O–H groups in total. The fourth-order valence-corrected chi connectivity index (χ4v) is 3.14. The number of nitrogens with zero attached hydrogens (tertiary/aromatic N) is 1. The summed E-state index contributed by atoms with van der Waals surface area (Å²) in [5.74, 6) is 1.12. The molecule has 0 aliphatic carbocycles. The predicted molar refractivity (Wildman–Crippen MR) is 89.8 cm³/mol. The Morgan fingerprint density at radius 3 is 1.91 bits per heavy atom. The van der Waals surface area contributed by atoms with Gasteiger partial charge in [0.05, 0.1) is 0 Å². The quantitative estimate of drug-likeness (QED) is 0.731. The molecule has 3 atom stereocenters. The molecule has 1 aliphatic heterocycles. The summed E-state index contributed by atoms with van der Waals surface area (Å²) >= 11 is 0. The van der Waals surface area contributed by atoms with Crippen LogP contribution in [0.15, 0.2) is 60.7 Å². The van der Waals surface area contributed by atoms with E-state index in [1.165, 1.54) is 11.1 Å². The lowest BCUT2D eigenvalue weighted by molar-refractivity contribution is -0.114. The minimum atomic E-state index is 0.112. The third kappa shape index (κ3) is 3.22. The van der Waals surface area contributed by atoms with E-state index in [9.17, 15) is 4.79 Å². The second-order valence-corrected chi connectivity index (χ2v) is 6.37. The lowest BCUT2D eigenvalue weighted by Crippen LogP contribution is -2.12. The average Bonchev–Trinajstić information content (AvgIpc) is 3.16. The maximum Gasteiger partial charge on any atom is 0.246 e. The number of hydrogen-bond donors (Lipinski definition) is 0. The van der Waals surface area contributed by atoms with Crippen LogP contribution in [0, 0.1) is 0 Å². The first-order valence-corrected chi connectivity index (χ1v) is 8.07. The highest BCUT2D eigenvalue weighted by Crippen LogP contribution is 2.33. The van der Waals surface area contributed by atoms with E-state index in [1.807, 2.05) is 17.0 Å². The molecule has 1 fully saturated rings. The number of rotatable bonds is 6. The van der Waals surface area contributed by atoms with Crippen molar-refractivity contribution in [3.05, 3.63) is 71.8 Å². The zero-order valence-corrected chi connectivity index (χ0v) is 13.3. The van der Waals surface area contributed by atoms with Crippen LogP contribution in [0.1, 0.15) is 43.2 Å². The van der Waals surface area contributed by atoms with Crippen molar-refractivity contribution < 1.29 is 4.79 Å². The SMILES string of the molecule is CC(CC1C(=O)N1CC(C)c1ccccc1)c1ccccc1. The molecule has 2 nitrogen and oxygen atoms in total. The molecular formula is C20H23NO. The Labute approximate surface area is 132 Å². The first kappa shape index (κ1) is 14.8. The lowest BCUT2D eigenvalue weighted by Gasteiger charge is -2.14. The van der Waals surface area contributed by atoms with Gasteiger partial charge in [-0.3, -0.25) is 4.79 Å². The highest BCUT2D eigenvalue weighted by atomic mass is 16.2. The van der Waals surface area contributed by atoms with Gasteiger partial charge in [-0.1, -0.05) is 74.5 Å². The monoisotopic (exact) mass is 293 g/mol. The fraction of sp³-hybridized carbons (Fsp3) is 0.350. The molecule has 2 heteroatoms. The molecule has 1 saturated heterocycles. The summed E-state index contributed by atoms with van der Waals surface area (Å²) in [5.41, 5.74) is 2.62. The topological polar surface area (TPSA) is 20.1 Å². The Morgan fingerprint density at radius 2 is 1.36 bits per heavy atom. The zero-order valence-electron chi connectivity index (χ0n) is 13.3. The molecule has 0 saturated carbocycles. The maximum atomic E-state index is 12.1. The molecule has 1 aliphatic rings. The first-order valence-electron chi connectivity index (χ1n) is 8.07. The molecule has 114 valence electrons. The molecule has 22 heavy (non-hydrogen) atoms. The molecule has 3 rings (SSSR count). The average molecular weight is 293 g/mol. The highest BCUT2D eigenvalue weighted by molar-refractivity contribution is 5.96. The fourth-order valence-electron chi connectivity index (χ4n) is 3.14. The van der Waals surface area contributed by atoms with Crippen molar-refractivity contribution in [3.63, 3.8) is 0 Å². The lowest BCUT2D eigenvalue weighted by atomic mass is 9.96. The van der Waals surface area contributed by atoms with Gasteiger partial charge in [0.1, 0.15) is 6.04 Å². The van der Waals surface area contributed by atoms with Crippen LogP contribution < -0.4 is 0 Å². The molecular weight excluding hydrogens is 270 g/mol. The van der Waals surface area contributed by atoms with Gasteiger partial charge in [0.15, 0.2) is 0 Å². The van der Waals surface area contributed by atoms with Crippen molar-refractivity contribution in [1.29, 1.82) is 0 Å². The summed E-state index contributed by atoms with van der Waals surface area (Å²) < 4.78 is 0. The van der Waals surface area contributed by atoms with Gasteiger partial charge < -0.3 is 4.90 Å². The van der Waals surface area contributed by atoms with E-state index in [0.29, 0.717) is 17.7 Å². The van der Waals surface area contributed by atoms with Crippen LogP contribution in [0.5, 0.6) is 0 Å². The number of amides is 1. The minimum absolute atomic E-state index is 0.112. The van der Waals surface area contributed by atoms with Crippen molar-refractivity contribution >= 4 is 5.91 Å². The Morgan fingerprint density at radius 1 is 0.864 bits per heavy atom. The molecule has 2 aromatic rings. The second-order valence-electron chi connectivity index (χ2n) is 6.37. The van der Waals surface area contributed by atoms with Crippen LogP contribution in [-0.4, -0.2) is 23.4 Å². The van der Waals surface area contributed by atoms with Gasteiger partial charge in [-0.2, -0.15) is 0 Å². The van der Waals surface area contributed by atoms with Crippen LogP contribution >= 0.6 is 0 Å². The van der Waals surface area contributed by atoms with Crippen LogP contribution in [-0.2, 0) is 4.79 Å². The Bertz CT molecular complexity index is 567.